The Bertz CT molecular complexity index is 399. The van der Waals surface area contributed by atoms with Crippen molar-refractivity contribution in [3.05, 3.63) is 22.2 Å². The van der Waals surface area contributed by atoms with Crippen molar-refractivity contribution in [3.8, 4) is 0 Å². The summed E-state index contributed by atoms with van der Waals surface area (Å²) in [6.07, 6.45) is 0. The molecule has 3 nitrogen and oxygen atoms in total. The number of halogens is 2. The first-order valence-corrected chi connectivity index (χ1v) is 6.44. The molecule has 1 aromatic rings. The quantitative estimate of drug-likeness (QED) is 0.799. The lowest BCUT2D eigenvalue weighted by Gasteiger charge is -2.40. The van der Waals surface area contributed by atoms with Crippen LogP contribution in [0.25, 0.3) is 0 Å². The van der Waals surface area contributed by atoms with Crippen LogP contribution in [0, 0.1) is 0 Å². The van der Waals surface area contributed by atoms with Gasteiger partial charge in [0.2, 0.25) is 0 Å². The van der Waals surface area contributed by atoms with Gasteiger partial charge in [-0.1, -0.05) is 23.2 Å². The van der Waals surface area contributed by atoms with Gasteiger partial charge in [0.05, 0.1) is 15.7 Å². The molecule has 1 heterocycles. The smallest absolute Gasteiger partial charge is 0.0749 e. The number of rotatable bonds is 1. The molecule has 2 N–H and O–H groups in total. The molecule has 1 unspecified atom stereocenters. The topological polar surface area (TPSA) is 32.5 Å². The van der Waals surface area contributed by atoms with E-state index in [-0.39, 0.29) is 0 Å². The maximum atomic E-state index is 6.25. The highest BCUT2D eigenvalue weighted by Crippen LogP contribution is 2.37. The predicted octanol–water partition coefficient (Wildman–Crippen LogP) is 2.72. The first-order chi connectivity index (χ1) is 7.99. The van der Waals surface area contributed by atoms with E-state index in [2.05, 4.69) is 23.8 Å². The molecule has 1 aliphatic rings. The van der Waals surface area contributed by atoms with Gasteiger partial charge in [-0.25, -0.2) is 0 Å². The first-order valence-electron chi connectivity index (χ1n) is 5.68. The summed E-state index contributed by atoms with van der Waals surface area (Å²) in [5, 5.41) is 1.26. The second-order valence-corrected chi connectivity index (χ2v) is 5.45. The van der Waals surface area contributed by atoms with Gasteiger partial charge < -0.3 is 15.5 Å². The molecular weight excluding hydrogens is 257 g/mol. The summed E-state index contributed by atoms with van der Waals surface area (Å²) in [6, 6.07) is 3.91. The van der Waals surface area contributed by atoms with Gasteiger partial charge in [0.1, 0.15) is 0 Å². The number of anilines is 2. The van der Waals surface area contributed by atoms with Crippen molar-refractivity contribution in [1.82, 2.24) is 4.90 Å². The van der Waals surface area contributed by atoms with E-state index in [0.717, 1.165) is 25.3 Å². The molecule has 1 fully saturated rings. The van der Waals surface area contributed by atoms with Gasteiger partial charge in [0.25, 0.3) is 0 Å². The zero-order valence-corrected chi connectivity index (χ0v) is 11.6. The molecule has 0 radical (unpaired) electrons. The zero-order valence-electron chi connectivity index (χ0n) is 10.1. The number of nitrogen functional groups attached to an aromatic ring is 1. The summed E-state index contributed by atoms with van der Waals surface area (Å²) in [6.45, 7) is 5.14. The van der Waals surface area contributed by atoms with Gasteiger partial charge in [0.15, 0.2) is 0 Å². The van der Waals surface area contributed by atoms with E-state index in [1.165, 1.54) is 0 Å². The largest absolute Gasteiger partial charge is 0.399 e. The van der Waals surface area contributed by atoms with Crippen molar-refractivity contribution in [3.63, 3.8) is 0 Å². The Morgan fingerprint density at radius 1 is 1.24 bits per heavy atom. The van der Waals surface area contributed by atoms with Crippen molar-refractivity contribution in [2.24, 2.45) is 0 Å². The highest BCUT2D eigenvalue weighted by atomic mass is 35.5. The van der Waals surface area contributed by atoms with Crippen LogP contribution in [0.1, 0.15) is 6.92 Å². The van der Waals surface area contributed by atoms with Gasteiger partial charge in [-0.05, 0) is 26.1 Å². The minimum absolute atomic E-state index is 0.396. The standard InChI is InChI=1S/C12H17Cl2N3/c1-8-7-16(2)3-4-17(8)12-10(13)5-9(15)6-11(12)14/h5-6,8H,3-4,7,15H2,1-2H3. The summed E-state index contributed by atoms with van der Waals surface area (Å²) >= 11 is 12.5. The molecule has 0 saturated carbocycles. The monoisotopic (exact) mass is 273 g/mol. The minimum Gasteiger partial charge on any atom is -0.399 e. The zero-order chi connectivity index (χ0) is 12.6. The summed E-state index contributed by atoms with van der Waals surface area (Å²) < 4.78 is 0. The Hall–Kier alpha value is -0.640. The minimum atomic E-state index is 0.396. The summed E-state index contributed by atoms with van der Waals surface area (Å²) in [4.78, 5) is 4.56. The van der Waals surface area contributed by atoms with Crippen LogP contribution in [-0.4, -0.2) is 37.6 Å². The number of hydrogen-bond acceptors (Lipinski definition) is 3. The Labute approximate surface area is 112 Å². The van der Waals surface area contributed by atoms with Crippen LogP contribution in [-0.2, 0) is 0 Å². The number of hydrogen-bond donors (Lipinski definition) is 1. The molecular formula is C12H17Cl2N3. The van der Waals surface area contributed by atoms with Gasteiger partial charge in [-0.2, -0.15) is 0 Å². The van der Waals surface area contributed by atoms with Gasteiger partial charge in [-0.15, -0.1) is 0 Å². The number of nitrogens with two attached hydrogens (primary N) is 1. The van der Waals surface area contributed by atoms with Crippen molar-refractivity contribution in [2.75, 3.05) is 37.3 Å². The Kier molecular flexibility index (Phi) is 3.71. The predicted molar refractivity (Wildman–Crippen MR) is 75.2 cm³/mol. The van der Waals surface area contributed by atoms with Crippen LogP contribution in [0.2, 0.25) is 10.0 Å². The van der Waals surface area contributed by atoms with E-state index in [4.69, 9.17) is 28.9 Å². The Balaban J connectivity index is 2.34. The van der Waals surface area contributed by atoms with Gasteiger partial charge in [-0.3, -0.25) is 0 Å². The van der Waals surface area contributed by atoms with Crippen molar-refractivity contribution < 1.29 is 0 Å². The average Bonchev–Trinajstić information content (AvgIpc) is 2.19. The third kappa shape index (κ3) is 2.62. The SMILES string of the molecule is CC1CN(C)CCN1c1c(Cl)cc(N)cc1Cl. The van der Waals surface area contributed by atoms with Crippen LogP contribution >= 0.6 is 23.2 Å². The van der Waals surface area contributed by atoms with Crippen LogP contribution in [0.5, 0.6) is 0 Å². The summed E-state index contributed by atoms with van der Waals surface area (Å²) in [5.74, 6) is 0. The van der Waals surface area contributed by atoms with Crippen LogP contribution in [0.3, 0.4) is 0 Å². The second kappa shape index (κ2) is 4.92. The summed E-state index contributed by atoms with van der Waals surface area (Å²) in [5.41, 5.74) is 7.23. The third-order valence-corrected chi connectivity index (χ3v) is 3.73. The van der Waals surface area contributed by atoms with E-state index in [9.17, 15) is 0 Å². The van der Waals surface area contributed by atoms with E-state index >= 15 is 0 Å². The highest BCUT2D eigenvalue weighted by Gasteiger charge is 2.25. The van der Waals surface area contributed by atoms with Gasteiger partial charge in [0, 0.05) is 31.4 Å². The molecule has 0 bridgehead atoms. The molecule has 1 aliphatic heterocycles. The van der Waals surface area contributed by atoms with E-state index in [1.807, 2.05) is 0 Å². The molecule has 2 rings (SSSR count). The fourth-order valence-electron chi connectivity index (χ4n) is 2.33. The maximum absolute atomic E-state index is 6.25. The maximum Gasteiger partial charge on any atom is 0.0749 e. The molecule has 0 spiro atoms. The number of likely N-dealkylation sites (N-methyl/N-ethyl adjacent to an activating group) is 1. The number of nitrogens with zero attached hydrogens (tertiary/aromatic N) is 2. The molecule has 5 heteroatoms. The van der Waals surface area contributed by atoms with Crippen LogP contribution in [0.4, 0.5) is 11.4 Å². The summed E-state index contributed by atoms with van der Waals surface area (Å²) in [7, 11) is 2.13. The fourth-order valence-corrected chi connectivity index (χ4v) is 3.05. The molecule has 1 saturated heterocycles. The number of piperazine rings is 1. The van der Waals surface area contributed by atoms with Crippen molar-refractivity contribution in [2.45, 2.75) is 13.0 Å². The highest BCUT2D eigenvalue weighted by molar-refractivity contribution is 6.39. The average molecular weight is 274 g/mol. The van der Waals surface area contributed by atoms with Crippen molar-refractivity contribution >= 4 is 34.6 Å². The molecule has 1 aromatic carbocycles. The van der Waals surface area contributed by atoms with Gasteiger partial charge >= 0.3 is 0 Å². The normalized spacial score (nSPS) is 21.9. The molecule has 1 atom stereocenters. The van der Waals surface area contributed by atoms with Crippen LogP contribution in [0.15, 0.2) is 12.1 Å². The molecule has 0 aromatic heterocycles. The molecule has 94 valence electrons. The lowest BCUT2D eigenvalue weighted by Crippen LogP contribution is -2.50. The Morgan fingerprint density at radius 3 is 2.35 bits per heavy atom. The first kappa shape index (κ1) is 12.8. The fraction of sp³-hybridized carbons (Fsp3) is 0.500. The van der Waals surface area contributed by atoms with E-state index in [1.54, 1.807) is 12.1 Å². The van der Waals surface area contributed by atoms with E-state index < -0.39 is 0 Å². The molecule has 17 heavy (non-hydrogen) atoms. The third-order valence-electron chi connectivity index (χ3n) is 3.16. The lowest BCUT2D eigenvalue weighted by molar-refractivity contribution is 0.275. The number of benzene rings is 1. The molecule has 0 aliphatic carbocycles. The van der Waals surface area contributed by atoms with Crippen molar-refractivity contribution in [1.29, 1.82) is 0 Å². The second-order valence-electron chi connectivity index (χ2n) is 4.64. The lowest BCUT2D eigenvalue weighted by atomic mass is 10.1. The van der Waals surface area contributed by atoms with Crippen LogP contribution < -0.4 is 10.6 Å². The Morgan fingerprint density at radius 2 is 1.82 bits per heavy atom. The van der Waals surface area contributed by atoms with E-state index in [0.29, 0.717) is 21.8 Å². The molecule has 0 amide bonds.